The molecule has 0 bridgehead atoms. The summed E-state index contributed by atoms with van der Waals surface area (Å²) in [6.07, 6.45) is 0.811. The Labute approximate surface area is 82.7 Å². The van der Waals surface area contributed by atoms with Gasteiger partial charge in [0.1, 0.15) is 6.29 Å². The Balaban J connectivity index is 3.11. The van der Waals surface area contributed by atoms with E-state index in [4.69, 9.17) is 11.6 Å². The topological polar surface area (TPSA) is 17.1 Å². The molecule has 2 heteroatoms. The van der Waals surface area contributed by atoms with Gasteiger partial charge < -0.3 is 0 Å². The van der Waals surface area contributed by atoms with Crippen LogP contribution in [0.2, 0.25) is 0 Å². The van der Waals surface area contributed by atoms with Crippen molar-refractivity contribution in [3.05, 3.63) is 34.9 Å². The number of aryl methyl sites for hydroxylation is 1. The monoisotopic (exact) mass is 192 g/mol. The van der Waals surface area contributed by atoms with Gasteiger partial charge in [0.05, 0.1) is 5.88 Å². The lowest BCUT2D eigenvalue weighted by Gasteiger charge is -1.97. The highest BCUT2D eigenvalue weighted by Crippen LogP contribution is 2.08. The summed E-state index contributed by atoms with van der Waals surface area (Å²) in [6.45, 7) is 1.95. The van der Waals surface area contributed by atoms with E-state index in [2.05, 4.69) is 11.8 Å². The zero-order valence-electron chi connectivity index (χ0n) is 7.30. The first kappa shape index (κ1) is 9.83. The van der Waals surface area contributed by atoms with E-state index in [1.807, 2.05) is 13.0 Å². The van der Waals surface area contributed by atoms with Crippen molar-refractivity contribution in [2.24, 2.45) is 0 Å². The average molecular weight is 193 g/mol. The molecule has 0 spiro atoms. The third-order valence-corrected chi connectivity index (χ3v) is 1.82. The van der Waals surface area contributed by atoms with Crippen molar-refractivity contribution in [2.45, 2.75) is 6.92 Å². The summed E-state index contributed by atoms with van der Waals surface area (Å²) in [5.74, 6) is 5.96. The lowest BCUT2D eigenvalue weighted by Crippen LogP contribution is -1.86. The lowest BCUT2D eigenvalue weighted by molar-refractivity contribution is 0.112. The summed E-state index contributed by atoms with van der Waals surface area (Å²) in [5, 5.41) is 0. The summed E-state index contributed by atoms with van der Waals surface area (Å²) >= 11 is 5.43. The fourth-order valence-corrected chi connectivity index (χ4v) is 1.04. The highest BCUT2D eigenvalue weighted by atomic mass is 35.5. The van der Waals surface area contributed by atoms with Gasteiger partial charge in [-0.05, 0) is 18.6 Å². The van der Waals surface area contributed by atoms with Crippen LogP contribution in [0.25, 0.3) is 0 Å². The van der Waals surface area contributed by atoms with Gasteiger partial charge in [0, 0.05) is 11.1 Å². The highest BCUT2D eigenvalue weighted by molar-refractivity contribution is 6.19. The number of rotatable bonds is 1. The highest BCUT2D eigenvalue weighted by Gasteiger charge is 1.95. The smallest absolute Gasteiger partial charge is 0.150 e. The predicted molar refractivity (Wildman–Crippen MR) is 54.2 cm³/mol. The van der Waals surface area contributed by atoms with Gasteiger partial charge >= 0.3 is 0 Å². The number of aldehydes is 1. The van der Waals surface area contributed by atoms with Crippen molar-refractivity contribution in [1.29, 1.82) is 0 Å². The fourth-order valence-electron chi connectivity index (χ4n) is 0.976. The molecule has 1 aromatic carbocycles. The van der Waals surface area contributed by atoms with Gasteiger partial charge in [-0.2, -0.15) is 0 Å². The summed E-state index contributed by atoms with van der Waals surface area (Å²) < 4.78 is 0. The van der Waals surface area contributed by atoms with E-state index in [0.717, 1.165) is 17.4 Å². The zero-order chi connectivity index (χ0) is 9.68. The maximum absolute atomic E-state index is 10.5. The molecule has 1 nitrogen and oxygen atoms in total. The fraction of sp³-hybridized carbons (Fsp3) is 0.182. The molecule has 0 aliphatic carbocycles. The molecule has 1 rings (SSSR count). The SMILES string of the molecule is Cc1ccc(C=O)cc1C#CCCl. The molecule has 0 N–H and O–H groups in total. The van der Waals surface area contributed by atoms with E-state index < -0.39 is 0 Å². The van der Waals surface area contributed by atoms with E-state index in [1.165, 1.54) is 0 Å². The van der Waals surface area contributed by atoms with Gasteiger partial charge in [0.2, 0.25) is 0 Å². The third kappa shape index (κ3) is 2.61. The number of carbonyl (C=O) groups excluding carboxylic acids is 1. The van der Waals surface area contributed by atoms with Crippen LogP contribution < -0.4 is 0 Å². The second kappa shape index (κ2) is 4.69. The van der Waals surface area contributed by atoms with Crippen LogP contribution in [0.1, 0.15) is 21.5 Å². The molecule has 0 heterocycles. The number of carbonyl (C=O) groups is 1. The van der Waals surface area contributed by atoms with Crippen LogP contribution in [0.3, 0.4) is 0 Å². The molecule has 13 heavy (non-hydrogen) atoms. The Morgan fingerprint density at radius 1 is 1.54 bits per heavy atom. The lowest BCUT2D eigenvalue weighted by atomic mass is 10.1. The molecule has 0 fully saturated rings. The maximum Gasteiger partial charge on any atom is 0.150 e. The molecular formula is C11H9ClO. The van der Waals surface area contributed by atoms with Gasteiger partial charge in [-0.3, -0.25) is 4.79 Å². The molecule has 0 unspecified atom stereocenters. The molecule has 0 radical (unpaired) electrons. The van der Waals surface area contributed by atoms with Crippen LogP contribution in [0, 0.1) is 18.8 Å². The maximum atomic E-state index is 10.5. The van der Waals surface area contributed by atoms with Gasteiger partial charge in [0.25, 0.3) is 0 Å². The minimum Gasteiger partial charge on any atom is -0.298 e. The van der Waals surface area contributed by atoms with Gasteiger partial charge in [-0.15, -0.1) is 11.6 Å². The van der Waals surface area contributed by atoms with Crippen LogP contribution in [0.15, 0.2) is 18.2 Å². The number of hydrogen-bond donors (Lipinski definition) is 0. The van der Waals surface area contributed by atoms with Crippen LogP contribution in [-0.2, 0) is 0 Å². The molecule has 0 aromatic heterocycles. The first-order chi connectivity index (χ1) is 6.27. The Bertz CT molecular complexity index is 371. The van der Waals surface area contributed by atoms with Gasteiger partial charge in [-0.1, -0.05) is 24.0 Å². The van der Waals surface area contributed by atoms with Crippen LogP contribution in [-0.4, -0.2) is 12.2 Å². The number of hydrogen-bond acceptors (Lipinski definition) is 1. The van der Waals surface area contributed by atoms with Crippen molar-refractivity contribution in [2.75, 3.05) is 5.88 Å². The van der Waals surface area contributed by atoms with E-state index >= 15 is 0 Å². The number of benzene rings is 1. The minimum absolute atomic E-state index is 0.310. The first-order valence-corrected chi connectivity index (χ1v) is 4.42. The molecule has 0 atom stereocenters. The van der Waals surface area contributed by atoms with E-state index in [-0.39, 0.29) is 0 Å². The Kier molecular flexibility index (Phi) is 3.54. The van der Waals surface area contributed by atoms with Crippen LogP contribution >= 0.6 is 11.6 Å². The second-order valence-corrected chi connectivity index (χ2v) is 2.89. The normalized spacial score (nSPS) is 8.77. The van der Waals surface area contributed by atoms with Crippen molar-refractivity contribution >= 4 is 17.9 Å². The van der Waals surface area contributed by atoms with Crippen molar-refractivity contribution in [3.63, 3.8) is 0 Å². The molecule has 0 aliphatic rings. The van der Waals surface area contributed by atoms with Crippen molar-refractivity contribution in [3.8, 4) is 11.8 Å². The van der Waals surface area contributed by atoms with E-state index in [0.29, 0.717) is 11.4 Å². The Hall–Kier alpha value is -1.26. The quantitative estimate of drug-likeness (QED) is 0.379. The van der Waals surface area contributed by atoms with Crippen molar-refractivity contribution in [1.82, 2.24) is 0 Å². The van der Waals surface area contributed by atoms with E-state index in [1.54, 1.807) is 12.1 Å². The standard InChI is InChI=1S/C11H9ClO/c1-9-4-5-10(8-13)7-11(9)3-2-6-12/h4-5,7-8H,6H2,1H3. The summed E-state index contributed by atoms with van der Waals surface area (Å²) in [4.78, 5) is 10.5. The second-order valence-electron chi connectivity index (χ2n) is 2.63. The number of halogens is 1. The Morgan fingerprint density at radius 3 is 2.92 bits per heavy atom. The molecule has 1 aromatic rings. The molecule has 0 saturated heterocycles. The molecule has 66 valence electrons. The van der Waals surface area contributed by atoms with Crippen LogP contribution in [0.4, 0.5) is 0 Å². The van der Waals surface area contributed by atoms with Crippen LogP contribution in [0.5, 0.6) is 0 Å². The minimum atomic E-state index is 0.310. The molecular weight excluding hydrogens is 184 g/mol. The van der Waals surface area contributed by atoms with E-state index in [9.17, 15) is 4.79 Å². The van der Waals surface area contributed by atoms with Crippen molar-refractivity contribution < 1.29 is 4.79 Å². The molecule has 0 saturated carbocycles. The molecule has 0 aliphatic heterocycles. The van der Waals surface area contributed by atoms with Gasteiger partial charge in [0.15, 0.2) is 0 Å². The first-order valence-electron chi connectivity index (χ1n) is 3.88. The number of alkyl halides is 1. The largest absolute Gasteiger partial charge is 0.298 e. The summed E-state index contributed by atoms with van der Waals surface area (Å²) in [5.41, 5.74) is 2.57. The Morgan fingerprint density at radius 2 is 2.31 bits per heavy atom. The average Bonchev–Trinajstić information content (AvgIpc) is 2.17. The van der Waals surface area contributed by atoms with Gasteiger partial charge in [-0.25, -0.2) is 0 Å². The third-order valence-electron chi connectivity index (χ3n) is 1.69. The summed E-state index contributed by atoms with van der Waals surface area (Å²) in [7, 11) is 0. The molecule has 0 amide bonds. The summed E-state index contributed by atoms with van der Waals surface area (Å²) in [6, 6.07) is 5.41. The predicted octanol–water partition coefficient (Wildman–Crippen LogP) is 2.40. The zero-order valence-corrected chi connectivity index (χ0v) is 8.06.